The number of hydrogen-bond acceptors (Lipinski definition) is 7. The molecule has 0 saturated carbocycles. The molecule has 4 unspecified atom stereocenters. The number of fused-ring (bicyclic) bond motifs is 1. The number of nitrogens with one attached hydrogen (secondary N) is 3. The molecule has 4 atom stereocenters. The minimum absolute atomic E-state index is 0.0401. The van der Waals surface area contributed by atoms with E-state index in [9.17, 15) is 14.4 Å². The van der Waals surface area contributed by atoms with Crippen LogP contribution in [0.15, 0.2) is 24.3 Å². The third-order valence-electron chi connectivity index (χ3n) is 5.35. The lowest BCUT2D eigenvalue weighted by atomic mass is 9.96. The van der Waals surface area contributed by atoms with E-state index < -0.39 is 12.1 Å². The summed E-state index contributed by atoms with van der Waals surface area (Å²) in [5, 5.41) is 9.38. The van der Waals surface area contributed by atoms with E-state index in [-0.39, 0.29) is 35.1 Å². The Morgan fingerprint density at radius 1 is 1.27 bits per heavy atom. The Hall–Kier alpha value is -2.30. The zero-order valence-corrected chi connectivity index (χ0v) is 18.5. The van der Waals surface area contributed by atoms with Gasteiger partial charge in [0.25, 0.3) is 0 Å². The molecular formula is C20H29N5O4S. The summed E-state index contributed by atoms with van der Waals surface area (Å²) in [6, 6.07) is 6.82. The number of anilines is 1. The van der Waals surface area contributed by atoms with Crippen LogP contribution in [-0.2, 0) is 9.59 Å². The lowest BCUT2D eigenvalue weighted by Gasteiger charge is -2.50. The molecule has 1 aromatic rings. The van der Waals surface area contributed by atoms with Gasteiger partial charge in [-0.25, -0.2) is 4.79 Å². The Balaban J connectivity index is 1.69. The molecule has 0 bridgehead atoms. The van der Waals surface area contributed by atoms with E-state index in [2.05, 4.69) is 22.9 Å². The minimum atomic E-state index is -0.486. The van der Waals surface area contributed by atoms with Crippen molar-refractivity contribution in [2.24, 2.45) is 5.92 Å². The smallest absolute Gasteiger partial charge is 0.327 e. The first-order valence-corrected chi connectivity index (χ1v) is 11.0. The van der Waals surface area contributed by atoms with Crippen molar-refractivity contribution >= 4 is 35.3 Å². The van der Waals surface area contributed by atoms with Crippen LogP contribution in [0, 0.1) is 5.92 Å². The first kappa shape index (κ1) is 22.4. The van der Waals surface area contributed by atoms with Gasteiger partial charge in [-0.2, -0.15) is 0 Å². The number of rotatable bonds is 7. The topological polar surface area (TPSA) is 103 Å². The molecule has 4 amide bonds. The summed E-state index contributed by atoms with van der Waals surface area (Å²) < 4.78 is 5.18. The van der Waals surface area contributed by atoms with Crippen LogP contribution in [0.25, 0.3) is 0 Å². The third-order valence-corrected chi connectivity index (χ3v) is 6.57. The van der Waals surface area contributed by atoms with Crippen LogP contribution in [0.3, 0.4) is 0 Å². The second-order valence-electron chi connectivity index (χ2n) is 7.45. The fraction of sp³-hybridized carbons (Fsp3) is 0.550. The molecule has 0 aromatic heterocycles. The van der Waals surface area contributed by atoms with Crippen molar-refractivity contribution in [1.82, 2.24) is 20.4 Å². The van der Waals surface area contributed by atoms with Crippen molar-refractivity contribution in [3.8, 4) is 5.75 Å². The number of amides is 4. The maximum atomic E-state index is 12.9. The van der Waals surface area contributed by atoms with Crippen molar-refractivity contribution in [3.63, 3.8) is 0 Å². The normalized spacial score (nSPS) is 26.4. The SMILES string of the molecule is CCCC1NC(SCC(=O)Nc2cccc(OC)c2)C2C(=O)N(C)C(=O)N(C)C2N1. The summed E-state index contributed by atoms with van der Waals surface area (Å²) in [7, 11) is 4.76. The van der Waals surface area contributed by atoms with E-state index in [1.807, 2.05) is 0 Å². The number of urea groups is 1. The second-order valence-corrected chi connectivity index (χ2v) is 8.58. The Morgan fingerprint density at radius 3 is 2.73 bits per heavy atom. The van der Waals surface area contributed by atoms with Crippen LogP contribution in [0.1, 0.15) is 19.8 Å². The number of imide groups is 1. The highest BCUT2D eigenvalue weighted by Crippen LogP contribution is 2.32. The molecule has 2 aliphatic heterocycles. The summed E-state index contributed by atoms with van der Waals surface area (Å²) in [6.07, 6.45) is 1.35. The molecule has 3 rings (SSSR count). The highest BCUT2D eigenvalue weighted by atomic mass is 32.2. The summed E-state index contributed by atoms with van der Waals surface area (Å²) in [4.78, 5) is 40.5. The molecule has 2 aliphatic rings. The molecule has 0 spiro atoms. The van der Waals surface area contributed by atoms with Crippen LogP contribution in [0.5, 0.6) is 5.75 Å². The quantitative estimate of drug-likeness (QED) is 0.596. The predicted molar refractivity (Wildman–Crippen MR) is 116 cm³/mol. The number of nitrogens with zero attached hydrogens (tertiary/aromatic N) is 2. The summed E-state index contributed by atoms with van der Waals surface area (Å²) in [6.45, 7) is 2.08. The molecule has 1 aromatic carbocycles. The molecule has 9 nitrogen and oxygen atoms in total. The number of hydrogen-bond donors (Lipinski definition) is 3. The minimum Gasteiger partial charge on any atom is -0.497 e. The third kappa shape index (κ3) is 4.71. The van der Waals surface area contributed by atoms with Gasteiger partial charge in [-0.3, -0.25) is 25.1 Å². The van der Waals surface area contributed by atoms with Crippen molar-refractivity contribution in [1.29, 1.82) is 0 Å². The van der Waals surface area contributed by atoms with E-state index in [0.29, 0.717) is 11.4 Å². The number of thioether (sulfide) groups is 1. The maximum Gasteiger partial charge on any atom is 0.327 e. The largest absolute Gasteiger partial charge is 0.497 e. The Kier molecular flexibility index (Phi) is 7.22. The first-order valence-electron chi connectivity index (χ1n) is 9.97. The Bertz CT molecular complexity index is 807. The second kappa shape index (κ2) is 9.67. The van der Waals surface area contributed by atoms with Gasteiger partial charge in [-0.15, -0.1) is 11.8 Å². The number of carbonyl (C=O) groups excluding carboxylic acids is 3. The standard InChI is InChI=1S/C20H29N5O4S/c1-5-7-14-22-17-16(19(27)25(3)20(28)24(17)2)18(23-14)30-11-15(26)21-12-8-6-9-13(10-12)29-4/h6,8-10,14,16-18,22-23H,5,7,11H2,1-4H3,(H,21,26). The van der Waals surface area contributed by atoms with Gasteiger partial charge in [0, 0.05) is 25.8 Å². The molecule has 2 fully saturated rings. The maximum absolute atomic E-state index is 12.9. The highest BCUT2D eigenvalue weighted by Gasteiger charge is 2.50. The van der Waals surface area contributed by atoms with Crippen LogP contribution in [0.2, 0.25) is 0 Å². The first-order chi connectivity index (χ1) is 14.3. The van der Waals surface area contributed by atoms with Crippen molar-refractivity contribution in [2.75, 3.05) is 32.3 Å². The Morgan fingerprint density at radius 2 is 2.03 bits per heavy atom. The zero-order chi connectivity index (χ0) is 21.8. The van der Waals surface area contributed by atoms with Crippen molar-refractivity contribution in [3.05, 3.63) is 24.3 Å². The fourth-order valence-electron chi connectivity index (χ4n) is 3.79. The fourth-order valence-corrected chi connectivity index (χ4v) is 4.92. The van der Waals surface area contributed by atoms with E-state index >= 15 is 0 Å². The molecule has 2 heterocycles. The van der Waals surface area contributed by atoms with Gasteiger partial charge >= 0.3 is 6.03 Å². The number of carbonyl (C=O) groups is 3. The van der Waals surface area contributed by atoms with Crippen LogP contribution < -0.4 is 20.7 Å². The van der Waals surface area contributed by atoms with E-state index in [1.165, 1.54) is 18.8 Å². The van der Waals surface area contributed by atoms with Crippen LogP contribution in [-0.4, -0.2) is 72.3 Å². The lowest BCUT2D eigenvalue weighted by Crippen LogP contribution is -2.74. The monoisotopic (exact) mass is 435 g/mol. The number of benzene rings is 1. The molecule has 10 heteroatoms. The molecule has 30 heavy (non-hydrogen) atoms. The van der Waals surface area contributed by atoms with Gasteiger partial charge in [0.05, 0.1) is 36.5 Å². The van der Waals surface area contributed by atoms with Crippen molar-refractivity contribution in [2.45, 2.75) is 37.5 Å². The van der Waals surface area contributed by atoms with Gasteiger partial charge in [0.2, 0.25) is 11.8 Å². The van der Waals surface area contributed by atoms with Gasteiger partial charge in [0.1, 0.15) is 5.75 Å². The number of methoxy groups -OCH3 is 1. The van der Waals surface area contributed by atoms with Crippen LogP contribution in [0.4, 0.5) is 10.5 Å². The van der Waals surface area contributed by atoms with Crippen LogP contribution >= 0.6 is 11.8 Å². The van der Waals surface area contributed by atoms with Gasteiger partial charge in [-0.05, 0) is 18.6 Å². The predicted octanol–water partition coefficient (Wildman–Crippen LogP) is 1.48. The molecule has 3 N–H and O–H groups in total. The zero-order valence-electron chi connectivity index (χ0n) is 17.7. The van der Waals surface area contributed by atoms with Gasteiger partial charge in [0.15, 0.2) is 0 Å². The molecule has 164 valence electrons. The summed E-state index contributed by atoms with van der Waals surface area (Å²) >= 11 is 1.38. The number of ether oxygens (including phenoxy) is 1. The van der Waals surface area contributed by atoms with E-state index in [1.54, 1.807) is 43.3 Å². The highest BCUT2D eigenvalue weighted by molar-refractivity contribution is 8.00. The van der Waals surface area contributed by atoms with Gasteiger partial charge in [-0.1, -0.05) is 19.4 Å². The van der Waals surface area contributed by atoms with E-state index in [4.69, 9.17) is 4.74 Å². The van der Waals surface area contributed by atoms with Crippen molar-refractivity contribution < 1.29 is 19.1 Å². The van der Waals surface area contributed by atoms with E-state index in [0.717, 1.165) is 17.7 Å². The molecule has 0 radical (unpaired) electrons. The Labute approximate surface area is 180 Å². The average molecular weight is 436 g/mol. The van der Waals surface area contributed by atoms with Gasteiger partial charge < -0.3 is 15.0 Å². The summed E-state index contributed by atoms with van der Waals surface area (Å²) in [5.74, 6) is -0.0670. The lowest BCUT2D eigenvalue weighted by molar-refractivity contribution is -0.140. The molecular weight excluding hydrogens is 406 g/mol. The molecule has 2 saturated heterocycles. The molecule has 0 aliphatic carbocycles. The summed E-state index contributed by atoms with van der Waals surface area (Å²) in [5.41, 5.74) is 0.652. The average Bonchev–Trinajstić information content (AvgIpc) is 2.74.